The Kier molecular flexibility index (Phi) is 9.27. The Morgan fingerprint density at radius 1 is 1.16 bits per heavy atom. The van der Waals surface area contributed by atoms with Gasteiger partial charge in [0.05, 0.1) is 21.4 Å². The Balaban J connectivity index is 2.29. The molecule has 0 spiro atoms. The second-order valence-electron chi connectivity index (χ2n) is 7.15. The number of nitro benzene ring substituents is 1. The van der Waals surface area contributed by atoms with Crippen molar-refractivity contribution in [3.63, 3.8) is 0 Å². The van der Waals surface area contributed by atoms with Gasteiger partial charge in [0.2, 0.25) is 11.8 Å². The van der Waals surface area contributed by atoms with Crippen LogP contribution in [0.5, 0.6) is 0 Å². The number of nitrogens with one attached hydrogen (secondary N) is 1. The van der Waals surface area contributed by atoms with Crippen LogP contribution in [-0.4, -0.2) is 34.2 Å². The Morgan fingerprint density at radius 3 is 2.52 bits per heavy atom. The van der Waals surface area contributed by atoms with Gasteiger partial charge < -0.3 is 10.2 Å². The van der Waals surface area contributed by atoms with Crippen LogP contribution in [0, 0.1) is 10.1 Å². The molecule has 0 aliphatic carbocycles. The van der Waals surface area contributed by atoms with Crippen LogP contribution >= 0.6 is 23.2 Å². The van der Waals surface area contributed by atoms with Crippen molar-refractivity contribution in [3.8, 4) is 0 Å². The molecule has 1 atom stereocenters. The molecule has 2 aromatic carbocycles. The van der Waals surface area contributed by atoms with Crippen LogP contribution in [-0.2, 0) is 22.6 Å². The highest BCUT2D eigenvalue weighted by Crippen LogP contribution is 2.25. The first-order chi connectivity index (χ1) is 14.7. The maximum absolute atomic E-state index is 13.2. The fraction of sp³-hybridized carbons (Fsp3) is 0.364. The molecule has 2 amide bonds. The molecule has 0 bridgehead atoms. The second kappa shape index (κ2) is 11.7. The number of halogens is 2. The van der Waals surface area contributed by atoms with E-state index in [1.165, 1.54) is 11.0 Å². The average molecular weight is 466 g/mol. The van der Waals surface area contributed by atoms with E-state index in [1.807, 2.05) is 6.92 Å². The topological polar surface area (TPSA) is 92.6 Å². The van der Waals surface area contributed by atoms with Gasteiger partial charge in [-0.15, -0.1) is 0 Å². The van der Waals surface area contributed by atoms with E-state index >= 15 is 0 Å². The molecule has 2 aromatic rings. The van der Waals surface area contributed by atoms with Crippen LogP contribution in [0.3, 0.4) is 0 Å². The molecule has 0 saturated heterocycles. The third-order valence-corrected chi connectivity index (χ3v) is 5.60. The lowest BCUT2D eigenvalue weighted by atomic mass is 10.1. The fourth-order valence-corrected chi connectivity index (χ4v) is 3.38. The minimum atomic E-state index is -0.776. The van der Waals surface area contributed by atoms with Gasteiger partial charge in [0.25, 0.3) is 5.69 Å². The predicted octanol–water partition coefficient (Wildman–Crippen LogP) is 4.78. The SMILES string of the molecule is CCCCNC(=O)[C@@H](C)N(Cc1ccc(Cl)c(Cl)c1)C(=O)Cc1ccccc1[N+](=O)[O-]. The maximum atomic E-state index is 13.2. The molecule has 31 heavy (non-hydrogen) atoms. The highest BCUT2D eigenvalue weighted by Gasteiger charge is 2.28. The number of nitrogens with zero attached hydrogens (tertiary/aromatic N) is 2. The molecule has 0 aliphatic rings. The Hall–Kier alpha value is -2.64. The Morgan fingerprint density at radius 2 is 1.87 bits per heavy atom. The molecule has 0 fully saturated rings. The number of carbonyl (C=O) groups is 2. The lowest BCUT2D eigenvalue weighted by Gasteiger charge is -2.29. The summed E-state index contributed by atoms with van der Waals surface area (Å²) in [6, 6.07) is 10.3. The van der Waals surface area contributed by atoms with Gasteiger partial charge in [-0.1, -0.05) is 60.8 Å². The Bertz CT molecular complexity index is 952. The average Bonchev–Trinajstić information content (AvgIpc) is 2.74. The van der Waals surface area contributed by atoms with Gasteiger partial charge >= 0.3 is 0 Å². The quantitative estimate of drug-likeness (QED) is 0.310. The first-order valence-electron chi connectivity index (χ1n) is 9.98. The van der Waals surface area contributed by atoms with Crippen molar-refractivity contribution in [2.24, 2.45) is 0 Å². The van der Waals surface area contributed by atoms with Gasteiger partial charge in [-0.2, -0.15) is 0 Å². The highest BCUT2D eigenvalue weighted by molar-refractivity contribution is 6.42. The van der Waals surface area contributed by atoms with Crippen LogP contribution in [0.1, 0.15) is 37.8 Å². The van der Waals surface area contributed by atoms with Crippen molar-refractivity contribution in [2.45, 2.75) is 45.7 Å². The fourth-order valence-electron chi connectivity index (χ4n) is 3.06. The maximum Gasteiger partial charge on any atom is 0.273 e. The van der Waals surface area contributed by atoms with E-state index in [9.17, 15) is 19.7 Å². The zero-order valence-corrected chi connectivity index (χ0v) is 18.9. The molecule has 0 radical (unpaired) electrons. The van der Waals surface area contributed by atoms with Crippen LogP contribution in [0.2, 0.25) is 10.0 Å². The monoisotopic (exact) mass is 465 g/mol. The summed E-state index contributed by atoms with van der Waals surface area (Å²) in [7, 11) is 0. The molecule has 1 N–H and O–H groups in total. The minimum Gasteiger partial charge on any atom is -0.354 e. The lowest BCUT2D eigenvalue weighted by molar-refractivity contribution is -0.385. The van der Waals surface area contributed by atoms with Gasteiger partial charge in [0.15, 0.2) is 0 Å². The van der Waals surface area contributed by atoms with E-state index in [0.717, 1.165) is 12.8 Å². The zero-order chi connectivity index (χ0) is 23.0. The third-order valence-electron chi connectivity index (χ3n) is 4.86. The van der Waals surface area contributed by atoms with Crippen molar-refractivity contribution in [2.75, 3.05) is 6.54 Å². The normalized spacial score (nSPS) is 11.6. The molecule has 7 nitrogen and oxygen atoms in total. The molecule has 0 unspecified atom stereocenters. The first-order valence-corrected chi connectivity index (χ1v) is 10.7. The van der Waals surface area contributed by atoms with E-state index in [0.29, 0.717) is 22.2 Å². The van der Waals surface area contributed by atoms with E-state index in [4.69, 9.17) is 23.2 Å². The van der Waals surface area contributed by atoms with Gasteiger partial charge in [-0.25, -0.2) is 0 Å². The van der Waals surface area contributed by atoms with Crippen LogP contribution < -0.4 is 5.32 Å². The smallest absolute Gasteiger partial charge is 0.273 e. The summed E-state index contributed by atoms with van der Waals surface area (Å²) in [5, 5.41) is 14.9. The number of para-hydroxylation sites is 1. The van der Waals surface area contributed by atoms with Gasteiger partial charge in [0, 0.05) is 24.7 Å². The molecular formula is C22H25Cl2N3O4. The molecule has 9 heteroatoms. The van der Waals surface area contributed by atoms with Crippen molar-refractivity contribution < 1.29 is 14.5 Å². The minimum absolute atomic E-state index is 0.110. The van der Waals surface area contributed by atoms with Crippen molar-refractivity contribution >= 4 is 40.7 Å². The van der Waals surface area contributed by atoms with Gasteiger partial charge in [-0.3, -0.25) is 19.7 Å². The number of carbonyl (C=O) groups excluding carboxylic acids is 2. The highest BCUT2D eigenvalue weighted by atomic mass is 35.5. The molecule has 0 aromatic heterocycles. The summed E-state index contributed by atoms with van der Waals surface area (Å²) in [5.41, 5.74) is 0.846. The van der Waals surface area contributed by atoms with Crippen LogP contribution in [0.15, 0.2) is 42.5 Å². The standard InChI is InChI=1S/C22H25Cl2N3O4/c1-3-4-11-25-22(29)15(2)26(14-16-9-10-18(23)19(24)12-16)21(28)13-17-7-5-6-8-20(17)27(30)31/h5-10,12,15H,3-4,11,13-14H2,1-2H3,(H,25,29)/t15-/m1/s1. The summed E-state index contributed by atoms with van der Waals surface area (Å²) in [5.74, 6) is -0.692. The molecule has 2 rings (SSSR count). The summed E-state index contributed by atoms with van der Waals surface area (Å²) in [6.07, 6.45) is 1.55. The largest absolute Gasteiger partial charge is 0.354 e. The number of amides is 2. The number of benzene rings is 2. The summed E-state index contributed by atoms with van der Waals surface area (Å²) in [4.78, 5) is 38.0. The zero-order valence-electron chi connectivity index (χ0n) is 17.4. The van der Waals surface area contributed by atoms with Crippen molar-refractivity contribution in [3.05, 3.63) is 73.8 Å². The van der Waals surface area contributed by atoms with Gasteiger partial charge in [-0.05, 0) is 31.0 Å². The predicted molar refractivity (Wildman–Crippen MR) is 121 cm³/mol. The van der Waals surface area contributed by atoms with E-state index in [1.54, 1.807) is 43.3 Å². The van der Waals surface area contributed by atoms with Crippen molar-refractivity contribution in [1.29, 1.82) is 0 Å². The summed E-state index contributed by atoms with van der Waals surface area (Å²) < 4.78 is 0. The van der Waals surface area contributed by atoms with Crippen molar-refractivity contribution in [1.82, 2.24) is 10.2 Å². The molecule has 0 heterocycles. The summed E-state index contributed by atoms with van der Waals surface area (Å²) in [6.45, 7) is 4.27. The number of rotatable bonds is 10. The number of hydrogen-bond acceptors (Lipinski definition) is 4. The lowest BCUT2D eigenvalue weighted by Crippen LogP contribution is -2.48. The molecule has 166 valence electrons. The molecule has 0 saturated carbocycles. The number of hydrogen-bond donors (Lipinski definition) is 1. The van der Waals surface area contributed by atoms with E-state index in [-0.39, 0.29) is 30.1 Å². The van der Waals surface area contributed by atoms with E-state index < -0.39 is 16.9 Å². The van der Waals surface area contributed by atoms with Crippen LogP contribution in [0.4, 0.5) is 5.69 Å². The summed E-state index contributed by atoms with van der Waals surface area (Å²) >= 11 is 12.1. The second-order valence-corrected chi connectivity index (χ2v) is 7.97. The number of unbranched alkanes of at least 4 members (excludes halogenated alkanes) is 1. The number of nitro groups is 1. The van der Waals surface area contributed by atoms with E-state index in [2.05, 4.69) is 5.32 Å². The van der Waals surface area contributed by atoms with Crippen LogP contribution in [0.25, 0.3) is 0 Å². The van der Waals surface area contributed by atoms with Gasteiger partial charge in [0.1, 0.15) is 6.04 Å². The Labute approximate surface area is 191 Å². The molecule has 0 aliphatic heterocycles. The molecular weight excluding hydrogens is 441 g/mol. The first kappa shape index (κ1) is 24.6. The third kappa shape index (κ3) is 6.94.